The smallest absolute Gasteiger partial charge is 0.309 e. The molecular weight excluding hydrogens is 260 g/mol. The van der Waals surface area contributed by atoms with Gasteiger partial charge in [-0.15, -0.1) is 11.3 Å². The third kappa shape index (κ3) is 3.34. The molecule has 2 heterocycles. The van der Waals surface area contributed by atoms with Crippen LogP contribution in [0.4, 0.5) is 0 Å². The zero-order chi connectivity index (χ0) is 13.9. The minimum atomic E-state index is -0.612. The summed E-state index contributed by atoms with van der Waals surface area (Å²) in [5, 5.41) is 12.7. The fraction of sp³-hybridized carbons (Fsp3) is 0.714. The van der Waals surface area contributed by atoms with Crippen LogP contribution in [0.15, 0.2) is 5.38 Å². The lowest BCUT2D eigenvalue weighted by Gasteiger charge is -2.38. The van der Waals surface area contributed by atoms with Gasteiger partial charge in [-0.25, -0.2) is 4.98 Å². The molecule has 0 radical (unpaired) electrons. The van der Waals surface area contributed by atoms with Gasteiger partial charge in [-0.3, -0.25) is 9.69 Å². The number of aliphatic carboxylic acids is 1. The molecule has 0 spiro atoms. The molecule has 0 amide bonds. The first-order valence-corrected chi connectivity index (χ1v) is 7.80. The maximum absolute atomic E-state index is 11.5. The molecule has 1 N–H and O–H groups in total. The van der Waals surface area contributed by atoms with E-state index in [-0.39, 0.29) is 0 Å². The van der Waals surface area contributed by atoms with Crippen LogP contribution in [0.3, 0.4) is 0 Å². The van der Waals surface area contributed by atoms with Crippen molar-refractivity contribution < 1.29 is 9.90 Å². The number of thiazole rings is 1. The molecule has 1 fully saturated rings. The van der Waals surface area contributed by atoms with Crippen LogP contribution in [0, 0.1) is 12.3 Å². The summed E-state index contributed by atoms with van der Waals surface area (Å²) in [5.74, 6) is -0.612. The van der Waals surface area contributed by atoms with Crippen LogP contribution in [-0.4, -0.2) is 34.0 Å². The molecule has 1 saturated heterocycles. The largest absolute Gasteiger partial charge is 0.481 e. The average Bonchev–Trinajstić information content (AvgIpc) is 2.77. The van der Waals surface area contributed by atoms with E-state index in [0.29, 0.717) is 0 Å². The fourth-order valence-electron chi connectivity index (χ4n) is 2.86. The maximum atomic E-state index is 11.5. The quantitative estimate of drug-likeness (QED) is 0.902. The Kier molecular flexibility index (Phi) is 4.58. The SMILES string of the molecule is CCCC1(C(=O)O)CCN(Cc2nc(C)cs2)CC1. The molecule has 0 aromatic carbocycles. The van der Waals surface area contributed by atoms with E-state index >= 15 is 0 Å². The number of carboxylic acids is 1. The monoisotopic (exact) mass is 282 g/mol. The Morgan fingerprint density at radius 1 is 1.53 bits per heavy atom. The zero-order valence-electron chi connectivity index (χ0n) is 11.7. The predicted molar refractivity (Wildman–Crippen MR) is 76.3 cm³/mol. The third-order valence-electron chi connectivity index (χ3n) is 4.02. The van der Waals surface area contributed by atoms with Crippen LogP contribution >= 0.6 is 11.3 Å². The lowest BCUT2D eigenvalue weighted by atomic mass is 9.75. The number of rotatable bonds is 5. The molecule has 19 heavy (non-hydrogen) atoms. The normalized spacial score (nSPS) is 19.5. The van der Waals surface area contributed by atoms with Crippen molar-refractivity contribution in [1.29, 1.82) is 0 Å². The van der Waals surface area contributed by atoms with E-state index in [1.165, 1.54) is 0 Å². The molecule has 106 valence electrons. The summed E-state index contributed by atoms with van der Waals surface area (Å²) in [6.45, 7) is 6.67. The third-order valence-corrected chi connectivity index (χ3v) is 4.97. The Morgan fingerprint density at radius 2 is 2.21 bits per heavy atom. The molecule has 0 aliphatic carbocycles. The summed E-state index contributed by atoms with van der Waals surface area (Å²) in [7, 11) is 0. The van der Waals surface area contributed by atoms with Crippen LogP contribution in [0.2, 0.25) is 0 Å². The van der Waals surface area contributed by atoms with Crippen molar-refractivity contribution in [2.75, 3.05) is 13.1 Å². The van der Waals surface area contributed by atoms with Crippen molar-refractivity contribution in [1.82, 2.24) is 9.88 Å². The van der Waals surface area contributed by atoms with Gasteiger partial charge >= 0.3 is 5.97 Å². The van der Waals surface area contributed by atoms with Gasteiger partial charge in [-0.05, 0) is 39.3 Å². The first kappa shape index (κ1) is 14.5. The number of aryl methyl sites for hydroxylation is 1. The first-order chi connectivity index (χ1) is 9.05. The van der Waals surface area contributed by atoms with Crippen molar-refractivity contribution in [3.05, 3.63) is 16.1 Å². The Bertz CT molecular complexity index is 436. The summed E-state index contributed by atoms with van der Waals surface area (Å²) in [6, 6.07) is 0. The fourth-order valence-corrected chi connectivity index (χ4v) is 3.67. The van der Waals surface area contributed by atoms with Crippen LogP contribution in [0.25, 0.3) is 0 Å². The second-order valence-corrected chi connectivity index (χ2v) is 6.44. The van der Waals surface area contributed by atoms with Crippen molar-refractivity contribution in [3.63, 3.8) is 0 Å². The van der Waals surface area contributed by atoms with Gasteiger partial charge < -0.3 is 5.11 Å². The summed E-state index contributed by atoms with van der Waals surface area (Å²) in [6.07, 6.45) is 3.27. The number of hydrogen-bond donors (Lipinski definition) is 1. The van der Waals surface area contributed by atoms with Crippen LogP contribution in [0.1, 0.15) is 43.3 Å². The molecule has 2 rings (SSSR count). The molecule has 1 aliphatic rings. The molecule has 5 heteroatoms. The molecule has 1 aromatic heterocycles. The highest BCUT2D eigenvalue weighted by atomic mass is 32.1. The van der Waals surface area contributed by atoms with Crippen molar-refractivity contribution in [3.8, 4) is 0 Å². The van der Waals surface area contributed by atoms with E-state index < -0.39 is 11.4 Å². The Balaban J connectivity index is 1.92. The van der Waals surface area contributed by atoms with Crippen LogP contribution in [0.5, 0.6) is 0 Å². The van der Waals surface area contributed by atoms with Crippen molar-refractivity contribution in [2.24, 2.45) is 5.41 Å². The Morgan fingerprint density at radius 3 is 2.68 bits per heavy atom. The molecule has 1 aliphatic heterocycles. The lowest BCUT2D eigenvalue weighted by molar-refractivity contribution is -0.152. The maximum Gasteiger partial charge on any atom is 0.309 e. The number of nitrogens with zero attached hydrogens (tertiary/aromatic N) is 2. The number of carbonyl (C=O) groups is 1. The number of aromatic nitrogens is 1. The lowest BCUT2D eigenvalue weighted by Crippen LogP contribution is -2.44. The van der Waals surface area contributed by atoms with Crippen molar-refractivity contribution in [2.45, 2.75) is 46.1 Å². The van der Waals surface area contributed by atoms with Gasteiger partial charge in [0.15, 0.2) is 0 Å². The summed E-state index contributed by atoms with van der Waals surface area (Å²) < 4.78 is 0. The second-order valence-electron chi connectivity index (χ2n) is 5.49. The van der Waals surface area contributed by atoms with Gasteiger partial charge in [0.05, 0.1) is 12.0 Å². The summed E-state index contributed by atoms with van der Waals surface area (Å²) in [4.78, 5) is 18.3. The van der Waals surface area contributed by atoms with E-state index in [9.17, 15) is 9.90 Å². The number of carboxylic acid groups (broad SMARTS) is 1. The molecular formula is C14H22N2O2S. The van der Waals surface area contributed by atoms with Gasteiger partial charge in [0.2, 0.25) is 0 Å². The van der Waals surface area contributed by atoms with Gasteiger partial charge in [-0.1, -0.05) is 13.3 Å². The average molecular weight is 282 g/mol. The standard InChI is InChI=1S/C14H22N2O2S/c1-3-4-14(13(17)18)5-7-16(8-6-14)9-12-15-11(2)10-19-12/h10H,3-9H2,1-2H3,(H,17,18). The molecule has 0 atom stereocenters. The minimum absolute atomic E-state index is 0.482. The van der Waals surface area contributed by atoms with E-state index in [1.54, 1.807) is 11.3 Å². The zero-order valence-corrected chi connectivity index (χ0v) is 12.5. The predicted octanol–water partition coefficient (Wildman–Crippen LogP) is 2.92. The minimum Gasteiger partial charge on any atom is -0.481 e. The topological polar surface area (TPSA) is 53.4 Å². The summed E-state index contributed by atoms with van der Waals surface area (Å²) >= 11 is 1.69. The van der Waals surface area contributed by atoms with Crippen molar-refractivity contribution >= 4 is 17.3 Å². The van der Waals surface area contributed by atoms with E-state index in [2.05, 4.69) is 22.2 Å². The second kappa shape index (κ2) is 6.01. The van der Waals surface area contributed by atoms with E-state index in [0.717, 1.165) is 56.0 Å². The van der Waals surface area contributed by atoms with E-state index in [1.807, 2.05) is 6.92 Å². The molecule has 1 aromatic rings. The van der Waals surface area contributed by atoms with Crippen LogP contribution in [-0.2, 0) is 11.3 Å². The highest BCUT2D eigenvalue weighted by Gasteiger charge is 2.40. The first-order valence-electron chi connectivity index (χ1n) is 6.92. The molecule has 0 unspecified atom stereocenters. The summed E-state index contributed by atoms with van der Waals surface area (Å²) in [5.41, 5.74) is 0.590. The highest BCUT2D eigenvalue weighted by molar-refractivity contribution is 7.09. The number of piperidine rings is 1. The van der Waals surface area contributed by atoms with Gasteiger partial charge in [0.25, 0.3) is 0 Å². The van der Waals surface area contributed by atoms with E-state index in [4.69, 9.17) is 0 Å². The van der Waals surface area contributed by atoms with Gasteiger partial charge in [-0.2, -0.15) is 0 Å². The Labute approximate surface area is 118 Å². The molecule has 0 saturated carbocycles. The number of hydrogen-bond acceptors (Lipinski definition) is 4. The highest BCUT2D eigenvalue weighted by Crippen LogP contribution is 2.36. The van der Waals surface area contributed by atoms with Gasteiger partial charge in [0, 0.05) is 11.1 Å². The number of likely N-dealkylation sites (tertiary alicyclic amines) is 1. The molecule has 4 nitrogen and oxygen atoms in total. The Hall–Kier alpha value is -0.940. The van der Waals surface area contributed by atoms with Gasteiger partial charge in [0.1, 0.15) is 5.01 Å². The van der Waals surface area contributed by atoms with Crippen LogP contribution < -0.4 is 0 Å². The molecule has 0 bridgehead atoms.